The molecule has 0 fully saturated rings. The first-order chi connectivity index (χ1) is 6.56. The zero-order chi connectivity index (χ0) is 11.0. The molecule has 0 aromatic rings. The summed E-state index contributed by atoms with van der Waals surface area (Å²) in [5, 5.41) is 9.23. The molecule has 0 aliphatic carbocycles. The molecule has 1 N–H and O–H groups in total. The van der Waals surface area contributed by atoms with Crippen molar-refractivity contribution in [2.75, 3.05) is 26.2 Å². The van der Waals surface area contributed by atoms with Crippen LogP contribution in [0.2, 0.25) is 0 Å². The maximum Gasteiger partial charge on any atom is 0.0639 e. The van der Waals surface area contributed by atoms with Crippen molar-refractivity contribution in [1.29, 1.82) is 0 Å². The van der Waals surface area contributed by atoms with Crippen molar-refractivity contribution in [3.05, 3.63) is 0 Å². The summed E-state index contributed by atoms with van der Waals surface area (Å²) in [5.74, 6) is 0. The number of aliphatic hydroxyl groups excluding tert-OH is 1. The molecule has 1 atom stereocenters. The first-order valence-electron chi connectivity index (χ1n) is 5.58. The molecule has 3 heteroatoms. The molecule has 0 rings (SSSR count). The van der Waals surface area contributed by atoms with Gasteiger partial charge in [-0.3, -0.25) is 0 Å². The third-order valence-corrected chi connectivity index (χ3v) is 2.04. The summed E-state index contributed by atoms with van der Waals surface area (Å²) in [7, 11) is 0. The molecule has 0 saturated heterocycles. The van der Waals surface area contributed by atoms with Crippen LogP contribution in [-0.2, 0) is 4.74 Å². The predicted octanol–water partition coefficient (Wildman–Crippen LogP) is 1.50. The highest BCUT2D eigenvalue weighted by atomic mass is 16.5. The summed E-state index contributed by atoms with van der Waals surface area (Å²) in [6.45, 7) is 11.6. The monoisotopic (exact) mass is 203 g/mol. The highest BCUT2D eigenvalue weighted by molar-refractivity contribution is 4.59. The molecule has 0 radical (unpaired) electrons. The minimum Gasteiger partial charge on any atom is -0.392 e. The van der Waals surface area contributed by atoms with Crippen molar-refractivity contribution in [3.8, 4) is 0 Å². The third kappa shape index (κ3) is 8.48. The molecule has 0 aliphatic rings. The first-order valence-corrected chi connectivity index (χ1v) is 5.58. The predicted molar refractivity (Wildman–Crippen MR) is 59.5 cm³/mol. The van der Waals surface area contributed by atoms with Gasteiger partial charge in [0.25, 0.3) is 0 Å². The number of rotatable bonds is 8. The number of nitrogens with zero attached hydrogens (tertiary/aromatic N) is 1. The zero-order valence-corrected chi connectivity index (χ0v) is 9.99. The second-order valence-corrected chi connectivity index (χ2v) is 4.02. The maximum absolute atomic E-state index is 9.23. The lowest BCUT2D eigenvalue weighted by atomic mass is 10.3. The minimum atomic E-state index is -0.235. The van der Waals surface area contributed by atoms with Crippen molar-refractivity contribution < 1.29 is 9.84 Å². The first kappa shape index (κ1) is 13.9. The fourth-order valence-corrected chi connectivity index (χ4v) is 1.36. The van der Waals surface area contributed by atoms with Crippen molar-refractivity contribution in [1.82, 2.24) is 4.90 Å². The lowest BCUT2D eigenvalue weighted by Gasteiger charge is -2.21. The van der Waals surface area contributed by atoms with Gasteiger partial charge in [-0.05, 0) is 33.7 Å². The Morgan fingerprint density at radius 1 is 1.29 bits per heavy atom. The molecule has 1 unspecified atom stereocenters. The Hall–Kier alpha value is -0.120. The van der Waals surface area contributed by atoms with Crippen LogP contribution >= 0.6 is 0 Å². The van der Waals surface area contributed by atoms with E-state index < -0.39 is 0 Å². The Kier molecular flexibility index (Phi) is 8.14. The van der Waals surface area contributed by atoms with Crippen LogP contribution in [0, 0.1) is 0 Å². The third-order valence-electron chi connectivity index (χ3n) is 2.04. The normalized spacial score (nSPS) is 13.9. The molecule has 14 heavy (non-hydrogen) atoms. The molecule has 86 valence electrons. The average Bonchev–Trinajstić information content (AvgIpc) is 2.09. The Morgan fingerprint density at radius 2 is 1.93 bits per heavy atom. The van der Waals surface area contributed by atoms with Crippen LogP contribution in [0.25, 0.3) is 0 Å². The molecule has 0 aromatic heterocycles. The van der Waals surface area contributed by atoms with Crippen LogP contribution in [0.3, 0.4) is 0 Å². The topological polar surface area (TPSA) is 32.7 Å². The van der Waals surface area contributed by atoms with Crippen molar-refractivity contribution in [3.63, 3.8) is 0 Å². The van der Waals surface area contributed by atoms with Gasteiger partial charge in [0.2, 0.25) is 0 Å². The summed E-state index contributed by atoms with van der Waals surface area (Å²) in [6, 6.07) is 0. The van der Waals surface area contributed by atoms with Crippen LogP contribution in [0.4, 0.5) is 0 Å². The van der Waals surface area contributed by atoms with E-state index in [0.717, 1.165) is 32.7 Å². The number of hydrogen-bond acceptors (Lipinski definition) is 3. The molecule has 0 bridgehead atoms. The SMILES string of the molecule is CCN(CCCOC(C)C)CC(C)O. The van der Waals surface area contributed by atoms with Crippen LogP contribution in [0.1, 0.15) is 34.1 Å². The van der Waals surface area contributed by atoms with Gasteiger partial charge >= 0.3 is 0 Å². The minimum absolute atomic E-state index is 0.235. The zero-order valence-electron chi connectivity index (χ0n) is 9.99. The van der Waals surface area contributed by atoms with Crippen LogP contribution in [-0.4, -0.2) is 48.5 Å². The molecule has 0 aliphatic heterocycles. The van der Waals surface area contributed by atoms with Gasteiger partial charge in [-0.25, -0.2) is 0 Å². The molecular formula is C11H25NO2. The fourth-order valence-electron chi connectivity index (χ4n) is 1.36. The van der Waals surface area contributed by atoms with Gasteiger partial charge in [-0.2, -0.15) is 0 Å². The van der Waals surface area contributed by atoms with E-state index in [9.17, 15) is 5.11 Å². The van der Waals surface area contributed by atoms with E-state index in [4.69, 9.17) is 4.74 Å². The van der Waals surface area contributed by atoms with E-state index in [0.29, 0.717) is 6.10 Å². The van der Waals surface area contributed by atoms with Gasteiger partial charge in [-0.1, -0.05) is 6.92 Å². The fraction of sp³-hybridized carbons (Fsp3) is 1.00. The van der Waals surface area contributed by atoms with Crippen LogP contribution < -0.4 is 0 Å². The number of ether oxygens (including phenoxy) is 1. The Bertz CT molecular complexity index is 126. The van der Waals surface area contributed by atoms with Gasteiger partial charge in [0.15, 0.2) is 0 Å². The van der Waals surface area contributed by atoms with E-state index in [1.54, 1.807) is 0 Å². The van der Waals surface area contributed by atoms with Gasteiger partial charge in [0.1, 0.15) is 0 Å². The second-order valence-electron chi connectivity index (χ2n) is 4.02. The molecule has 0 spiro atoms. The standard InChI is InChI=1S/C11H25NO2/c1-5-12(9-11(4)13)7-6-8-14-10(2)3/h10-11,13H,5-9H2,1-4H3. The Labute approximate surface area is 88.1 Å². The van der Waals surface area contributed by atoms with Crippen LogP contribution in [0.5, 0.6) is 0 Å². The van der Waals surface area contributed by atoms with Crippen molar-refractivity contribution in [2.24, 2.45) is 0 Å². The molecule has 3 nitrogen and oxygen atoms in total. The summed E-state index contributed by atoms with van der Waals surface area (Å²) in [5.41, 5.74) is 0. The van der Waals surface area contributed by atoms with E-state index in [1.165, 1.54) is 0 Å². The van der Waals surface area contributed by atoms with Crippen LogP contribution in [0.15, 0.2) is 0 Å². The van der Waals surface area contributed by atoms with Gasteiger partial charge in [0, 0.05) is 19.7 Å². The van der Waals surface area contributed by atoms with Crippen molar-refractivity contribution >= 4 is 0 Å². The maximum atomic E-state index is 9.23. The van der Waals surface area contributed by atoms with Crippen molar-refractivity contribution in [2.45, 2.75) is 46.3 Å². The van der Waals surface area contributed by atoms with E-state index in [-0.39, 0.29) is 6.10 Å². The number of likely N-dealkylation sites (N-methyl/N-ethyl adjacent to an activating group) is 1. The molecule has 0 aromatic carbocycles. The highest BCUT2D eigenvalue weighted by Crippen LogP contribution is 1.96. The summed E-state index contributed by atoms with van der Waals surface area (Å²) in [4.78, 5) is 2.24. The molecule has 0 amide bonds. The quantitative estimate of drug-likeness (QED) is 0.607. The van der Waals surface area contributed by atoms with Gasteiger partial charge in [0.05, 0.1) is 12.2 Å². The lowest BCUT2D eigenvalue weighted by molar-refractivity contribution is 0.0654. The summed E-state index contributed by atoms with van der Waals surface area (Å²) >= 11 is 0. The summed E-state index contributed by atoms with van der Waals surface area (Å²) in [6.07, 6.45) is 1.13. The Balaban J connectivity index is 3.43. The smallest absolute Gasteiger partial charge is 0.0639 e. The van der Waals surface area contributed by atoms with E-state index in [1.807, 2.05) is 20.8 Å². The number of hydrogen-bond donors (Lipinski definition) is 1. The largest absolute Gasteiger partial charge is 0.392 e. The summed E-state index contributed by atoms with van der Waals surface area (Å²) < 4.78 is 5.45. The van der Waals surface area contributed by atoms with Gasteiger partial charge in [-0.15, -0.1) is 0 Å². The molecular weight excluding hydrogens is 178 g/mol. The average molecular weight is 203 g/mol. The molecule has 0 heterocycles. The lowest BCUT2D eigenvalue weighted by Crippen LogP contribution is -2.32. The highest BCUT2D eigenvalue weighted by Gasteiger charge is 2.05. The van der Waals surface area contributed by atoms with Gasteiger partial charge < -0.3 is 14.7 Å². The van der Waals surface area contributed by atoms with E-state index in [2.05, 4.69) is 11.8 Å². The second kappa shape index (κ2) is 8.21. The van der Waals surface area contributed by atoms with E-state index >= 15 is 0 Å². The molecule has 0 saturated carbocycles. The number of aliphatic hydroxyl groups is 1. The Morgan fingerprint density at radius 3 is 2.36 bits per heavy atom.